The number of nitro benzene ring substituents is 1. The van der Waals surface area contributed by atoms with E-state index in [1.807, 2.05) is 4.90 Å². The lowest BCUT2D eigenvalue weighted by molar-refractivity contribution is -0.384. The number of nitriles is 2. The normalized spacial score (nSPS) is 10.5. The zero-order valence-corrected chi connectivity index (χ0v) is 18.9. The van der Waals surface area contributed by atoms with Gasteiger partial charge in [-0.15, -0.1) is 10.2 Å². The number of azo groups is 1. The Balaban J connectivity index is 2.51. The minimum Gasteiger partial charge on any atom is -0.383 e. The quantitative estimate of drug-likeness (QED) is 0.297. The Morgan fingerprint density at radius 3 is 2.15 bits per heavy atom. The molecule has 0 heterocycles. The molecule has 1 amide bonds. The lowest BCUT2D eigenvalue weighted by Gasteiger charge is -2.25. The van der Waals surface area contributed by atoms with Crippen LogP contribution in [0, 0.1) is 32.8 Å². The Morgan fingerprint density at radius 1 is 1.09 bits per heavy atom. The molecule has 0 fully saturated rings. The Kier molecular flexibility index (Phi) is 9.58. The molecule has 12 nitrogen and oxygen atoms in total. The third kappa shape index (κ3) is 6.80. The van der Waals surface area contributed by atoms with Gasteiger partial charge in [-0.1, -0.05) is 0 Å². The van der Waals surface area contributed by atoms with E-state index in [0.717, 1.165) is 17.8 Å². The molecule has 0 saturated heterocycles. The molecule has 0 radical (unpaired) electrons. The number of hydrogen-bond donors (Lipinski definition) is 1. The van der Waals surface area contributed by atoms with Crippen LogP contribution in [0.3, 0.4) is 0 Å². The summed E-state index contributed by atoms with van der Waals surface area (Å²) in [6.45, 7) is 3.47. The predicted octanol–water partition coefficient (Wildman–Crippen LogP) is 3.81. The second-order valence-electron chi connectivity index (χ2n) is 6.93. The van der Waals surface area contributed by atoms with E-state index in [1.54, 1.807) is 44.6 Å². The van der Waals surface area contributed by atoms with E-state index >= 15 is 0 Å². The van der Waals surface area contributed by atoms with Crippen LogP contribution in [0.2, 0.25) is 0 Å². The SMILES string of the molecule is COCCN(CCOC)c1ccc(N=Nc2c(C#N)cc([N+](=O)[O-])cc2C#N)c(NC(C)=O)c1. The van der Waals surface area contributed by atoms with Crippen molar-refractivity contribution in [1.29, 1.82) is 10.5 Å². The fourth-order valence-corrected chi connectivity index (χ4v) is 2.98. The minimum atomic E-state index is -0.699. The highest BCUT2D eigenvalue weighted by Gasteiger charge is 2.17. The smallest absolute Gasteiger partial charge is 0.272 e. The molecule has 0 spiro atoms. The number of amides is 1. The Morgan fingerprint density at radius 2 is 1.68 bits per heavy atom. The first-order valence-electron chi connectivity index (χ1n) is 10.0. The molecule has 0 aliphatic heterocycles. The first-order valence-corrected chi connectivity index (χ1v) is 10.0. The number of non-ortho nitro benzene ring substituents is 1. The number of carbonyl (C=O) groups is 1. The fourth-order valence-electron chi connectivity index (χ4n) is 2.98. The van der Waals surface area contributed by atoms with E-state index in [-0.39, 0.29) is 28.4 Å². The van der Waals surface area contributed by atoms with Gasteiger partial charge in [-0.3, -0.25) is 14.9 Å². The van der Waals surface area contributed by atoms with Crippen LogP contribution in [-0.2, 0) is 14.3 Å². The summed E-state index contributed by atoms with van der Waals surface area (Å²) < 4.78 is 10.3. The number of nitrogens with one attached hydrogen (secondary N) is 1. The second-order valence-corrected chi connectivity index (χ2v) is 6.93. The molecule has 0 aromatic heterocycles. The number of carbonyl (C=O) groups excluding carboxylic acids is 1. The van der Waals surface area contributed by atoms with E-state index in [9.17, 15) is 25.4 Å². The van der Waals surface area contributed by atoms with Gasteiger partial charge in [0.25, 0.3) is 5.69 Å². The number of hydrogen-bond acceptors (Lipinski definition) is 10. The lowest BCUT2D eigenvalue weighted by atomic mass is 10.1. The summed E-state index contributed by atoms with van der Waals surface area (Å²) in [5.41, 5.74) is 0.561. The Labute approximate surface area is 196 Å². The van der Waals surface area contributed by atoms with Crippen molar-refractivity contribution in [3.63, 3.8) is 0 Å². The van der Waals surface area contributed by atoms with Crippen molar-refractivity contribution in [2.45, 2.75) is 6.92 Å². The summed E-state index contributed by atoms with van der Waals surface area (Å²) in [5.74, 6) is -0.334. The van der Waals surface area contributed by atoms with Crippen molar-refractivity contribution >= 4 is 34.3 Å². The summed E-state index contributed by atoms with van der Waals surface area (Å²) in [4.78, 5) is 24.2. The fraction of sp³-hybridized carbons (Fsp3) is 0.318. The third-order valence-corrected chi connectivity index (χ3v) is 4.59. The molecule has 2 aromatic rings. The lowest BCUT2D eigenvalue weighted by Crippen LogP contribution is -2.30. The summed E-state index contributed by atoms with van der Waals surface area (Å²) in [6, 6.07) is 10.8. The van der Waals surface area contributed by atoms with Gasteiger partial charge in [0.05, 0.1) is 35.0 Å². The molecular formula is C22H23N7O5. The molecule has 0 atom stereocenters. The highest BCUT2D eigenvalue weighted by molar-refractivity contribution is 5.93. The highest BCUT2D eigenvalue weighted by atomic mass is 16.6. The second kappa shape index (κ2) is 12.6. The van der Waals surface area contributed by atoms with Crippen molar-refractivity contribution in [2.24, 2.45) is 10.2 Å². The number of methoxy groups -OCH3 is 2. The summed E-state index contributed by atoms with van der Waals surface area (Å²) >= 11 is 0. The molecule has 0 saturated carbocycles. The van der Waals surface area contributed by atoms with E-state index in [2.05, 4.69) is 15.5 Å². The topological polar surface area (TPSA) is 166 Å². The van der Waals surface area contributed by atoms with Crippen LogP contribution in [0.25, 0.3) is 0 Å². The number of nitrogens with zero attached hydrogens (tertiary/aromatic N) is 6. The van der Waals surface area contributed by atoms with Crippen molar-refractivity contribution in [3.05, 3.63) is 51.6 Å². The van der Waals surface area contributed by atoms with Gasteiger partial charge in [0.2, 0.25) is 5.91 Å². The van der Waals surface area contributed by atoms with Gasteiger partial charge in [-0.05, 0) is 18.2 Å². The number of benzene rings is 2. The van der Waals surface area contributed by atoms with Gasteiger partial charge in [-0.2, -0.15) is 10.5 Å². The molecule has 0 unspecified atom stereocenters. The van der Waals surface area contributed by atoms with E-state index in [4.69, 9.17) is 9.47 Å². The molecule has 176 valence electrons. The number of ether oxygens (including phenoxy) is 2. The zero-order valence-electron chi connectivity index (χ0n) is 18.9. The number of rotatable bonds is 11. The van der Waals surface area contributed by atoms with Crippen LogP contribution in [0.15, 0.2) is 40.6 Å². The third-order valence-electron chi connectivity index (χ3n) is 4.59. The molecule has 1 N–H and O–H groups in total. The molecule has 2 rings (SSSR count). The van der Waals surface area contributed by atoms with Crippen LogP contribution in [-0.4, -0.2) is 51.4 Å². The molecule has 0 aliphatic rings. The van der Waals surface area contributed by atoms with Crippen LogP contribution < -0.4 is 10.2 Å². The van der Waals surface area contributed by atoms with Crippen molar-refractivity contribution < 1.29 is 19.2 Å². The van der Waals surface area contributed by atoms with E-state index in [1.165, 1.54) is 6.92 Å². The summed E-state index contributed by atoms with van der Waals surface area (Å²) in [6.07, 6.45) is 0. The molecule has 0 aliphatic carbocycles. The van der Waals surface area contributed by atoms with E-state index < -0.39 is 10.6 Å². The summed E-state index contributed by atoms with van der Waals surface area (Å²) in [5, 5.41) is 40.7. The van der Waals surface area contributed by atoms with Gasteiger partial charge in [0.15, 0.2) is 0 Å². The Hall–Kier alpha value is -4.39. The van der Waals surface area contributed by atoms with Gasteiger partial charge >= 0.3 is 0 Å². The van der Waals surface area contributed by atoms with Gasteiger partial charge < -0.3 is 19.7 Å². The van der Waals surface area contributed by atoms with Gasteiger partial charge in [0.1, 0.15) is 23.5 Å². The average molecular weight is 465 g/mol. The Bertz CT molecular complexity index is 1120. The van der Waals surface area contributed by atoms with Crippen LogP contribution in [0.4, 0.5) is 28.4 Å². The maximum Gasteiger partial charge on any atom is 0.272 e. The average Bonchev–Trinajstić information content (AvgIpc) is 2.82. The summed E-state index contributed by atoms with van der Waals surface area (Å²) in [7, 11) is 3.20. The van der Waals surface area contributed by atoms with Crippen molar-refractivity contribution in [1.82, 2.24) is 0 Å². The maximum atomic E-state index is 11.8. The van der Waals surface area contributed by atoms with Crippen molar-refractivity contribution in [2.75, 3.05) is 50.7 Å². The molecule has 34 heavy (non-hydrogen) atoms. The maximum absolute atomic E-state index is 11.8. The minimum absolute atomic E-state index is 0.102. The predicted molar refractivity (Wildman–Crippen MR) is 123 cm³/mol. The van der Waals surface area contributed by atoms with Crippen LogP contribution in [0.5, 0.6) is 0 Å². The molecular weight excluding hydrogens is 442 g/mol. The largest absolute Gasteiger partial charge is 0.383 e. The van der Waals surface area contributed by atoms with Gasteiger partial charge in [-0.25, -0.2) is 0 Å². The first kappa shape index (κ1) is 25.9. The van der Waals surface area contributed by atoms with Crippen molar-refractivity contribution in [3.8, 4) is 12.1 Å². The standard InChI is InChI=1S/C22H23N7O5/c1-15(30)25-21-12-18(28(6-8-33-2)7-9-34-3)4-5-20(21)26-27-22-16(13-23)10-19(29(31)32)11-17(22)14-24/h4-5,10-12H,6-9H2,1-3H3,(H,25,30). The molecule has 2 aromatic carbocycles. The zero-order chi connectivity index (χ0) is 25.1. The van der Waals surface area contributed by atoms with E-state index in [0.29, 0.717) is 32.0 Å². The number of anilines is 2. The monoisotopic (exact) mass is 465 g/mol. The first-order chi connectivity index (χ1) is 16.3. The molecule has 0 bridgehead atoms. The highest BCUT2D eigenvalue weighted by Crippen LogP contribution is 2.34. The molecule has 12 heteroatoms. The number of nitro groups is 1. The van der Waals surface area contributed by atoms with Crippen LogP contribution >= 0.6 is 0 Å². The van der Waals surface area contributed by atoms with Gasteiger partial charge in [0, 0.05) is 52.1 Å². The van der Waals surface area contributed by atoms with Crippen LogP contribution in [0.1, 0.15) is 18.1 Å².